The van der Waals surface area contributed by atoms with Gasteiger partial charge < -0.3 is 10.6 Å². The van der Waals surface area contributed by atoms with E-state index in [0.29, 0.717) is 11.3 Å². The van der Waals surface area contributed by atoms with Gasteiger partial charge in [0.05, 0.1) is 0 Å². The van der Waals surface area contributed by atoms with Crippen molar-refractivity contribution in [1.29, 1.82) is 0 Å². The molecular weight excluding hydrogens is 318 g/mol. The average Bonchev–Trinajstić information content (AvgIpc) is 2.51. The summed E-state index contributed by atoms with van der Waals surface area (Å²) >= 11 is 0. The fourth-order valence-electron chi connectivity index (χ4n) is 1.97. The lowest BCUT2D eigenvalue weighted by molar-refractivity contribution is -0.123. The highest BCUT2D eigenvalue weighted by Crippen LogP contribution is 2.18. The maximum Gasteiger partial charge on any atom is 0.233 e. The van der Waals surface area contributed by atoms with Crippen LogP contribution in [0, 0.1) is 11.6 Å². The molecule has 0 atom stereocenters. The number of benzene rings is 2. The van der Waals surface area contributed by atoms with Crippen molar-refractivity contribution < 1.29 is 23.2 Å². The number of halogens is 2. The topological polar surface area (TPSA) is 75.3 Å². The van der Waals surface area contributed by atoms with Gasteiger partial charge in [-0.1, -0.05) is 18.2 Å². The SMILES string of the molecule is CC(=O)c1cccc(NC(=O)CC(=O)Nc2c(F)cccc2F)c1. The number of carbonyl (C=O) groups is 3. The Morgan fingerprint density at radius 3 is 2.12 bits per heavy atom. The molecule has 0 bridgehead atoms. The maximum absolute atomic E-state index is 13.4. The van der Waals surface area contributed by atoms with Gasteiger partial charge in [0.25, 0.3) is 0 Å². The Labute approximate surface area is 136 Å². The van der Waals surface area contributed by atoms with Gasteiger partial charge in [-0.2, -0.15) is 0 Å². The van der Waals surface area contributed by atoms with Crippen molar-refractivity contribution in [1.82, 2.24) is 0 Å². The first-order chi connectivity index (χ1) is 11.4. The molecule has 24 heavy (non-hydrogen) atoms. The summed E-state index contributed by atoms with van der Waals surface area (Å²) in [7, 11) is 0. The molecule has 0 aromatic heterocycles. The minimum Gasteiger partial charge on any atom is -0.326 e. The van der Waals surface area contributed by atoms with Crippen LogP contribution < -0.4 is 10.6 Å². The smallest absolute Gasteiger partial charge is 0.233 e. The Kier molecular flexibility index (Phi) is 5.36. The Bertz CT molecular complexity index is 786. The summed E-state index contributed by atoms with van der Waals surface area (Å²) in [5.74, 6) is -3.57. The minimum absolute atomic E-state index is 0.168. The number of hydrogen-bond donors (Lipinski definition) is 2. The van der Waals surface area contributed by atoms with E-state index in [1.807, 2.05) is 5.32 Å². The van der Waals surface area contributed by atoms with E-state index in [1.165, 1.54) is 13.0 Å². The van der Waals surface area contributed by atoms with E-state index in [-0.39, 0.29) is 5.78 Å². The van der Waals surface area contributed by atoms with Crippen LogP contribution in [0.2, 0.25) is 0 Å². The Balaban J connectivity index is 1.98. The fraction of sp³-hybridized carbons (Fsp3) is 0.118. The number of para-hydroxylation sites is 1. The Morgan fingerprint density at radius 2 is 1.50 bits per heavy atom. The lowest BCUT2D eigenvalue weighted by Crippen LogP contribution is -2.22. The second-order valence-corrected chi connectivity index (χ2v) is 5.01. The van der Waals surface area contributed by atoms with Gasteiger partial charge in [-0.05, 0) is 31.2 Å². The molecule has 0 spiro atoms. The molecule has 0 saturated carbocycles. The zero-order valence-corrected chi connectivity index (χ0v) is 12.7. The third-order valence-electron chi connectivity index (χ3n) is 3.10. The minimum atomic E-state index is -0.932. The highest BCUT2D eigenvalue weighted by atomic mass is 19.1. The second kappa shape index (κ2) is 7.45. The monoisotopic (exact) mass is 332 g/mol. The molecule has 2 amide bonds. The van der Waals surface area contributed by atoms with Gasteiger partial charge in [-0.15, -0.1) is 0 Å². The first kappa shape index (κ1) is 17.3. The number of amides is 2. The molecule has 0 aliphatic heterocycles. The van der Waals surface area contributed by atoms with Crippen LogP contribution in [0.25, 0.3) is 0 Å². The molecule has 0 saturated heterocycles. The van der Waals surface area contributed by atoms with Crippen molar-refractivity contribution in [2.45, 2.75) is 13.3 Å². The van der Waals surface area contributed by atoms with Crippen molar-refractivity contribution in [3.8, 4) is 0 Å². The van der Waals surface area contributed by atoms with E-state index in [2.05, 4.69) is 5.32 Å². The molecule has 0 fully saturated rings. The van der Waals surface area contributed by atoms with Crippen molar-refractivity contribution in [3.63, 3.8) is 0 Å². The molecular formula is C17H14F2N2O3. The fourth-order valence-corrected chi connectivity index (χ4v) is 1.97. The van der Waals surface area contributed by atoms with Crippen LogP contribution in [0.5, 0.6) is 0 Å². The lowest BCUT2D eigenvalue weighted by Gasteiger charge is -2.08. The highest BCUT2D eigenvalue weighted by molar-refractivity contribution is 6.08. The second-order valence-electron chi connectivity index (χ2n) is 5.01. The number of carbonyl (C=O) groups excluding carboxylic acids is 3. The molecule has 0 aliphatic rings. The molecule has 0 unspecified atom stereocenters. The molecule has 5 nitrogen and oxygen atoms in total. The number of ketones is 1. The molecule has 2 N–H and O–H groups in total. The van der Waals surface area contributed by atoms with Gasteiger partial charge >= 0.3 is 0 Å². The average molecular weight is 332 g/mol. The normalized spacial score (nSPS) is 10.1. The van der Waals surface area contributed by atoms with Gasteiger partial charge in [0.1, 0.15) is 23.7 Å². The zero-order chi connectivity index (χ0) is 17.7. The van der Waals surface area contributed by atoms with Gasteiger partial charge in [-0.3, -0.25) is 14.4 Å². The van der Waals surface area contributed by atoms with Crippen LogP contribution in [0.1, 0.15) is 23.7 Å². The van der Waals surface area contributed by atoms with Gasteiger partial charge in [0.2, 0.25) is 11.8 Å². The van der Waals surface area contributed by atoms with Gasteiger partial charge in [0.15, 0.2) is 5.78 Å². The van der Waals surface area contributed by atoms with E-state index in [1.54, 1.807) is 18.2 Å². The van der Waals surface area contributed by atoms with Crippen molar-refractivity contribution in [2.24, 2.45) is 0 Å². The summed E-state index contributed by atoms with van der Waals surface area (Å²) in [6.07, 6.45) is -0.627. The summed E-state index contributed by atoms with van der Waals surface area (Å²) in [5, 5.41) is 4.46. The molecule has 2 rings (SSSR count). The summed E-state index contributed by atoms with van der Waals surface area (Å²) in [4.78, 5) is 34.8. The largest absolute Gasteiger partial charge is 0.326 e. The van der Waals surface area contributed by atoms with E-state index in [0.717, 1.165) is 18.2 Å². The summed E-state index contributed by atoms with van der Waals surface area (Å²) in [6, 6.07) is 9.34. The maximum atomic E-state index is 13.4. The molecule has 0 aliphatic carbocycles. The molecule has 2 aromatic carbocycles. The summed E-state index contributed by atoms with van der Waals surface area (Å²) in [6.45, 7) is 1.39. The Hall–Kier alpha value is -3.09. The van der Waals surface area contributed by atoms with E-state index in [9.17, 15) is 23.2 Å². The number of Topliss-reactive ketones (excluding diaryl/α,β-unsaturated/α-hetero) is 1. The lowest BCUT2D eigenvalue weighted by atomic mass is 10.1. The number of anilines is 2. The quantitative estimate of drug-likeness (QED) is 0.652. The first-order valence-corrected chi connectivity index (χ1v) is 7.01. The zero-order valence-electron chi connectivity index (χ0n) is 12.7. The van der Waals surface area contributed by atoms with Crippen LogP contribution >= 0.6 is 0 Å². The molecule has 7 heteroatoms. The molecule has 0 radical (unpaired) electrons. The summed E-state index contributed by atoms with van der Waals surface area (Å²) < 4.78 is 26.9. The number of rotatable bonds is 5. The standard InChI is InChI=1S/C17H14F2N2O3/c1-10(22)11-4-2-5-12(8-11)20-15(23)9-16(24)21-17-13(18)6-3-7-14(17)19/h2-8H,9H2,1H3,(H,20,23)(H,21,24). The van der Waals surface area contributed by atoms with Crippen molar-refractivity contribution in [3.05, 3.63) is 59.7 Å². The highest BCUT2D eigenvalue weighted by Gasteiger charge is 2.15. The van der Waals surface area contributed by atoms with Crippen LogP contribution in [-0.4, -0.2) is 17.6 Å². The number of hydrogen-bond acceptors (Lipinski definition) is 3. The third-order valence-corrected chi connectivity index (χ3v) is 3.10. The molecule has 0 heterocycles. The van der Waals surface area contributed by atoms with E-state index >= 15 is 0 Å². The van der Waals surface area contributed by atoms with Crippen molar-refractivity contribution in [2.75, 3.05) is 10.6 Å². The Morgan fingerprint density at radius 1 is 0.917 bits per heavy atom. The van der Waals surface area contributed by atoms with Crippen LogP contribution in [0.3, 0.4) is 0 Å². The molecule has 124 valence electrons. The first-order valence-electron chi connectivity index (χ1n) is 7.01. The van der Waals surface area contributed by atoms with Gasteiger partial charge in [0, 0.05) is 11.3 Å². The van der Waals surface area contributed by atoms with Crippen LogP contribution in [0.15, 0.2) is 42.5 Å². The van der Waals surface area contributed by atoms with Gasteiger partial charge in [-0.25, -0.2) is 8.78 Å². The van der Waals surface area contributed by atoms with E-state index < -0.39 is 35.6 Å². The number of nitrogens with one attached hydrogen (secondary N) is 2. The summed E-state index contributed by atoms with van der Waals surface area (Å²) in [5.41, 5.74) is 0.150. The predicted octanol–water partition coefficient (Wildman–Crippen LogP) is 3.13. The third kappa shape index (κ3) is 4.45. The van der Waals surface area contributed by atoms with E-state index in [4.69, 9.17) is 0 Å². The predicted molar refractivity (Wildman–Crippen MR) is 84.7 cm³/mol. The van der Waals surface area contributed by atoms with Crippen molar-refractivity contribution >= 4 is 29.0 Å². The molecule has 2 aromatic rings. The van der Waals surface area contributed by atoms with Crippen LogP contribution in [-0.2, 0) is 9.59 Å². The van der Waals surface area contributed by atoms with Crippen LogP contribution in [0.4, 0.5) is 20.2 Å².